The van der Waals surface area contributed by atoms with Crippen LogP contribution in [0.1, 0.15) is 17.4 Å². The van der Waals surface area contributed by atoms with Gasteiger partial charge in [0.25, 0.3) is 5.69 Å². The Morgan fingerprint density at radius 3 is 2.59 bits per heavy atom. The van der Waals surface area contributed by atoms with Crippen molar-refractivity contribution in [2.24, 2.45) is 4.99 Å². The Balaban J connectivity index is 1.97. The fourth-order valence-corrected chi connectivity index (χ4v) is 3.95. The zero-order valence-electron chi connectivity index (χ0n) is 16.6. The van der Waals surface area contributed by atoms with E-state index in [1.54, 1.807) is 11.3 Å². The Kier molecular flexibility index (Phi) is 7.97. The summed E-state index contributed by atoms with van der Waals surface area (Å²) in [4.78, 5) is 16.3. The van der Waals surface area contributed by atoms with Crippen molar-refractivity contribution in [1.29, 1.82) is 0 Å². The lowest BCUT2D eigenvalue weighted by Gasteiger charge is -2.12. The Hall–Kier alpha value is -2.66. The molecule has 158 valence electrons. The predicted octanol–water partition coefficient (Wildman–Crippen LogP) is 2.54. The number of aliphatic imine (C=N–C) groups is 1. The summed E-state index contributed by atoms with van der Waals surface area (Å²) in [5.41, 5.74) is 1.20. The molecule has 11 heteroatoms. The molecule has 0 saturated carbocycles. The lowest BCUT2D eigenvalue weighted by Crippen LogP contribution is -2.39. The average Bonchev–Trinajstić information content (AvgIpc) is 3.07. The minimum Gasteiger partial charge on any atom is -0.378 e. The molecule has 2 aromatic rings. The van der Waals surface area contributed by atoms with Crippen molar-refractivity contribution in [3.63, 3.8) is 0 Å². The lowest BCUT2D eigenvalue weighted by molar-refractivity contribution is -0.384. The molecule has 0 amide bonds. The van der Waals surface area contributed by atoms with E-state index in [9.17, 15) is 18.5 Å². The van der Waals surface area contributed by atoms with Gasteiger partial charge in [0.1, 0.15) is 5.69 Å². The number of anilines is 1. The fraction of sp³-hybridized carbons (Fsp3) is 0.389. The smallest absolute Gasteiger partial charge is 0.293 e. The number of guanidine groups is 1. The maximum Gasteiger partial charge on any atom is 0.293 e. The second-order valence-electron chi connectivity index (χ2n) is 6.28. The molecule has 9 nitrogen and oxygen atoms in total. The molecule has 0 aliphatic carbocycles. The van der Waals surface area contributed by atoms with Crippen LogP contribution in [0, 0.1) is 17.0 Å². The van der Waals surface area contributed by atoms with Gasteiger partial charge in [-0.05, 0) is 43.0 Å². The van der Waals surface area contributed by atoms with Crippen LogP contribution in [0.5, 0.6) is 0 Å². The minimum absolute atomic E-state index is 0.0849. The van der Waals surface area contributed by atoms with E-state index in [0.717, 1.165) is 12.3 Å². The highest BCUT2D eigenvalue weighted by atomic mass is 32.2. The third-order valence-electron chi connectivity index (χ3n) is 4.02. The van der Waals surface area contributed by atoms with Gasteiger partial charge in [0, 0.05) is 36.8 Å². The fourth-order valence-electron chi connectivity index (χ4n) is 2.48. The Morgan fingerprint density at radius 2 is 2.00 bits per heavy atom. The molecule has 1 heterocycles. The van der Waals surface area contributed by atoms with E-state index in [-0.39, 0.29) is 16.3 Å². The van der Waals surface area contributed by atoms with Gasteiger partial charge in [0.15, 0.2) is 15.8 Å². The van der Waals surface area contributed by atoms with Crippen molar-refractivity contribution in [3.05, 3.63) is 50.2 Å². The summed E-state index contributed by atoms with van der Waals surface area (Å²) >= 11 is 1.66. The van der Waals surface area contributed by atoms with Crippen molar-refractivity contribution < 1.29 is 13.3 Å². The molecule has 1 aromatic heterocycles. The third-order valence-corrected chi connectivity index (χ3v) is 6.14. The van der Waals surface area contributed by atoms with E-state index in [1.807, 2.05) is 19.2 Å². The van der Waals surface area contributed by atoms with Crippen molar-refractivity contribution in [1.82, 2.24) is 10.6 Å². The first-order chi connectivity index (χ1) is 13.7. The standard InChI is InChI=1S/C18H25N5O4S2/c1-4-19-18(22-12-17-13(2)7-10-28-17)21-9-8-20-15-6-5-14(29(3,26)27)11-16(15)23(24)25/h5-7,10-11,20H,4,8-9,12H2,1-3H3,(H2,19,21,22). The van der Waals surface area contributed by atoms with Crippen molar-refractivity contribution >= 4 is 38.5 Å². The monoisotopic (exact) mass is 439 g/mol. The second kappa shape index (κ2) is 10.2. The van der Waals surface area contributed by atoms with Crippen LogP contribution in [0.25, 0.3) is 0 Å². The van der Waals surface area contributed by atoms with Gasteiger partial charge in [-0.3, -0.25) is 10.1 Å². The second-order valence-corrected chi connectivity index (χ2v) is 9.30. The molecular formula is C18H25N5O4S2. The number of nitrogens with one attached hydrogen (secondary N) is 3. The van der Waals surface area contributed by atoms with Crippen LogP contribution in [-0.4, -0.2) is 45.2 Å². The van der Waals surface area contributed by atoms with Gasteiger partial charge in [-0.2, -0.15) is 0 Å². The third kappa shape index (κ3) is 6.71. The molecule has 3 N–H and O–H groups in total. The van der Waals surface area contributed by atoms with E-state index < -0.39 is 14.8 Å². The van der Waals surface area contributed by atoms with Gasteiger partial charge in [0.05, 0.1) is 16.4 Å². The number of rotatable bonds is 9. The van der Waals surface area contributed by atoms with E-state index in [4.69, 9.17) is 0 Å². The molecule has 0 atom stereocenters. The predicted molar refractivity (Wildman–Crippen MR) is 117 cm³/mol. The molecule has 29 heavy (non-hydrogen) atoms. The molecular weight excluding hydrogens is 414 g/mol. The van der Waals surface area contributed by atoms with E-state index in [2.05, 4.69) is 27.0 Å². The SMILES string of the molecule is CCNC(=NCc1sccc1C)NCCNc1ccc(S(C)(=O)=O)cc1[N+](=O)[O-]. The number of nitro groups is 1. The molecule has 0 fully saturated rings. The first kappa shape index (κ1) is 22.6. The molecule has 0 bridgehead atoms. The van der Waals surface area contributed by atoms with Crippen LogP contribution >= 0.6 is 11.3 Å². The Labute approximate surface area is 174 Å². The van der Waals surface area contributed by atoms with Crippen molar-refractivity contribution in [2.45, 2.75) is 25.3 Å². The van der Waals surface area contributed by atoms with E-state index in [1.165, 1.54) is 22.6 Å². The summed E-state index contributed by atoms with van der Waals surface area (Å²) in [6, 6.07) is 5.89. The summed E-state index contributed by atoms with van der Waals surface area (Å²) in [6.45, 7) is 6.17. The van der Waals surface area contributed by atoms with Crippen LogP contribution in [0.3, 0.4) is 0 Å². The van der Waals surface area contributed by atoms with Gasteiger partial charge >= 0.3 is 0 Å². The number of benzene rings is 1. The van der Waals surface area contributed by atoms with Crippen molar-refractivity contribution in [3.8, 4) is 0 Å². The minimum atomic E-state index is -3.51. The van der Waals surface area contributed by atoms with Gasteiger partial charge in [-0.25, -0.2) is 13.4 Å². The van der Waals surface area contributed by atoms with Gasteiger partial charge in [0.2, 0.25) is 0 Å². The van der Waals surface area contributed by atoms with Crippen LogP contribution in [0.2, 0.25) is 0 Å². The quantitative estimate of drug-likeness (QED) is 0.180. The van der Waals surface area contributed by atoms with Crippen LogP contribution < -0.4 is 16.0 Å². The number of aryl methyl sites for hydroxylation is 1. The largest absolute Gasteiger partial charge is 0.378 e. The molecule has 0 aliphatic heterocycles. The van der Waals surface area contributed by atoms with Crippen LogP contribution in [0.15, 0.2) is 39.5 Å². The van der Waals surface area contributed by atoms with Gasteiger partial charge < -0.3 is 16.0 Å². The zero-order valence-corrected chi connectivity index (χ0v) is 18.2. The van der Waals surface area contributed by atoms with Crippen LogP contribution in [0.4, 0.5) is 11.4 Å². The Bertz CT molecular complexity index is 986. The molecule has 0 spiro atoms. The normalized spacial score (nSPS) is 11.9. The number of hydrogen-bond acceptors (Lipinski definition) is 7. The zero-order chi connectivity index (χ0) is 21.4. The Morgan fingerprint density at radius 1 is 1.24 bits per heavy atom. The highest BCUT2D eigenvalue weighted by molar-refractivity contribution is 7.90. The number of hydrogen-bond donors (Lipinski definition) is 3. The topological polar surface area (TPSA) is 126 Å². The number of nitro benzene ring substituents is 1. The molecule has 0 radical (unpaired) electrons. The average molecular weight is 440 g/mol. The highest BCUT2D eigenvalue weighted by Gasteiger charge is 2.18. The number of nitrogens with zero attached hydrogens (tertiary/aromatic N) is 2. The number of sulfone groups is 1. The first-order valence-electron chi connectivity index (χ1n) is 9.00. The first-order valence-corrected chi connectivity index (χ1v) is 11.8. The summed E-state index contributed by atoms with van der Waals surface area (Å²) in [6.07, 6.45) is 1.02. The summed E-state index contributed by atoms with van der Waals surface area (Å²) in [5.74, 6) is 0.657. The summed E-state index contributed by atoms with van der Waals surface area (Å²) < 4.78 is 23.2. The van der Waals surface area contributed by atoms with Crippen LogP contribution in [-0.2, 0) is 16.4 Å². The maximum absolute atomic E-state index is 11.6. The molecule has 2 rings (SSSR count). The highest BCUT2D eigenvalue weighted by Crippen LogP contribution is 2.27. The summed E-state index contributed by atoms with van der Waals surface area (Å²) in [7, 11) is -3.51. The molecule has 0 unspecified atom stereocenters. The number of thiophene rings is 1. The van der Waals surface area contributed by atoms with E-state index in [0.29, 0.717) is 32.1 Å². The van der Waals surface area contributed by atoms with Gasteiger partial charge in [-0.1, -0.05) is 0 Å². The van der Waals surface area contributed by atoms with Crippen molar-refractivity contribution in [2.75, 3.05) is 31.2 Å². The lowest BCUT2D eigenvalue weighted by atomic mass is 10.2. The summed E-state index contributed by atoms with van der Waals surface area (Å²) in [5, 5.41) is 22.6. The molecule has 0 saturated heterocycles. The van der Waals surface area contributed by atoms with E-state index >= 15 is 0 Å². The maximum atomic E-state index is 11.6. The van der Waals surface area contributed by atoms with Gasteiger partial charge in [-0.15, -0.1) is 11.3 Å². The molecule has 0 aliphatic rings. The molecule has 1 aromatic carbocycles.